The average molecular weight is 189 g/mol. The molecule has 0 saturated carbocycles. The predicted octanol–water partition coefficient (Wildman–Crippen LogP) is 3.04. The van der Waals surface area contributed by atoms with Gasteiger partial charge in [-0.3, -0.25) is 0 Å². The molecule has 0 radical (unpaired) electrons. The Morgan fingerprint density at radius 1 is 1.43 bits per heavy atom. The van der Waals surface area contributed by atoms with Crippen molar-refractivity contribution >= 4 is 6.08 Å². The van der Waals surface area contributed by atoms with Crippen molar-refractivity contribution in [1.82, 2.24) is 0 Å². The molecule has 0 aliphatic rings. The van der Waals surface area contributed by atoms with Crippen LogP contribution in [0, 0.1) is 0 Å². The lowest BCUT2D eigenvalue weighted by Gasteiger charge is -2.09. The molecular weight excluding hydrogens is 174 g/mol. The number of hydrogen-bond acceptors (Lipinski definition) is 2. The van der Waals surface area contributed by atoms with Crippen molar-refractivity contribution in [1.29, 1.82) is 0 Å². The van der Waals surface area contributed by atoms with Crippen molar-refractivity contribution in [3.05, 3.63) is 35.4 Å². The molecule has 1 unspecified atom stereocenters. The van der Waals surface area contributed by atoms with Gasteiger partial charge in [0.25, 0.3) is 0 Å². The Kier molecular flexibility index (Phi) is 4.09. The minimum Gasteiger partial charge on any atom is -0.211 e. The molecule has 0 saturated heterocycles. The van der Waals surface area contributed by atoms with Gasteiger partial charge in [0.1, 0.15) is 0 Å². The van der Waals surface area contributed by atoms with Gasteiger partial charge in [0.2, 0.25) is 6.08 Å². The Hall–Kier alpha value is -1.40. The number of aliphatic imine (C=N–C) groups is 1. The van der Waals surface area contributed by atoms with E-state index in [2.05, 4.69) is 24.0 Å². The fourth-order valence-electron chi connectivity index (χ4n) is 1.49. The largest absolute Gasteiger partial charge is 0.235 e. The first-order chi connectivity index (χ1) is 6.81. The third-order valence-corrected chi connectivity index (χ3v) is 2.34. The van der Waals surface area contributed by atoms with Gasteiger partial charge in [0.05, 0.1) is 6.04 Å². The summed E-state index contributed by atoms with van der Waals surface area (Å²) in [5.41, 5.74) is 2.39. The summed E-state index contributed by atoms with van der Waals surface area (Å²) in [6, 6.07) is 8.18. The Labute approximate surface area is 84.7 Å². The molecule has 0 bridgehead atoms. The summed E-state index contributed by atoms with van der Waals surface area (Å²) in [4.78, 5) is 14.0. The van der Waals surface area contributed by atoms with Crippen molar-refractivity contribution < 1.29 is 4.79 Å². The van der Waals surface area contributed by atoms with Crippen LogP contribution in [0.1, 0.15) is 37.4 Å². The van der Waals surface area contributed by atoms with Gasteiger partial charge in [-0.1, -0.05) is 38.1 Å². The van der Waals surface area contributed by atoms with Crippen LogP contribution in [0.25, 0.3) is 0 Å². The van der Waals surface area contributed by atoms with Gasteiger partial charge >= 0.3 is 0 Å². The zero-order chi connectivity index (χ0) is 10.4. The zero-order valence-corrected chi connectivity index (χ0v) is 8.66. The van der Waals surface area contributed by atoms with E-state index >= 15 is 0 Å². The van der Waals surface area contributed by atoms with Gasteiger partial charge in [0.15, 0.2) is 0 Å². The summed E-state index contributed by atoms with van der Waals surface area (Å²) in [6.07, 6.45) is 3.47. The summed E-state index contributed by atoms with van der Waals surface area (Å²) in [6.45, 7) is 4.13. The highest BCUT2D eigenvalue weighted by molar-refractivity contribution is 5.36. The maximum Gasteiger partial charge on any atom is 0.235 e. The fraction of sp³-hybridized carbons (Fsp3) is 0.417. The summed E-state index contributed by atoms with van der Waals surface area (Å²) < 4.78 is 0. The SMILES string of the molecule is CCc1cccc(C(CC)N=C=O)c1. The lowest BCUT2D eigenvalue weighted by Crippen LogP contribution is -1.94. The Morgan fingerprint density at radius 2 is 2.21 bits per heavy atom. The Morgan fingerprint density at radius 3 is 2.79 bits per heavy atom. The molecule has 1 atom stereocenters. The second kappa shape index (κ2) is 5.36. The molecule has 0 amide bonds. The molecule has 1 aromatic rings. The number of benzene rings is 1. The molecule has 0 heterocycles. The standard InChI is InChI=1S/C12H15NO/c1-3-10-6-5-7-11(8-10)12(4-2)13-9-14/h5-8,12H,3-4H2,1-2H3. The van der Waals surface area contributed by atoms with Crippen molar-refractivity contribution in [2.24, 2.45) is 4.99 Å². The number of aryl methyl sites for hydroxylation is 1. The van der Waals surface area contributed by atoms with Crippen LogP contribution >= 0.6 is 0 Å². The fourth-order valence-corrected chi connectivity index (χ4v) is 1.49. The van der Waals surface area contributed by atoms with Crippen LogP contribution in [-0.2, 0) is 11.2 Å². The second-order valence-corrected chi connectivity index (χ2v) is 3.24. The summed E-state index contributed by atoms with van der Waals surface area (Å²) in [5, 5.41) is 0. The van der Waals surface area contributed by atoms with E-state index in [4.69, 9.17) is 0 Å². The molecule has 1 aromatic carbocycles. The zero-order valence-electron chi connectivity index (χ0n) is 8.66. The first-order valence-electron chi connectivity index (χ1n) is 4.97. The highest BCUT2D eigenvalue weighted by Crippen LogP contribution is 2.21. The van der Waals surface area contributed by atoms with Crippen molar-refractivity contribution in [3.8, 4) is 0 Å². The number of isocyanates is 1. The van der Waals surface area contributed by atoms with Crippen LogP contribution in [0.3, 0.4) is 0 Å². The van der Waals surface area contributed by atoms with E-state index in [1.165, 1.54) is 5.56 Å². The van der Waals surface area contributed by atoms with Crippen molar-refractivity contribution in [3.63, 3.8) is 0 Å². The van der Waals surface area contributed by atoms with Crippen LogP contribution < -0.4 is 0 Å². The highest BCUT2D eigenvalue weighted by atomic mass is 16.1. The van der Waals surface area contributed by atoms with E-state index in [0.29, 0.717) is 0 Å². The van der Waals surface area contributed by atoms with Gasteiger partial charge in [0, 0.05) is 0 Å². The molecule has 2 nitrogen and oxygen atoms in total. The smallest absolute Gasteiger partial charge is 0.211 e. The van der Waals surface area contributed by atoms with Gasteiger partial charge in [-0.2, -0.15) is 4.99 Å². The highest BCUT2D eigenvalue weighted by Gasteiger charge is 2.06. The molecule has 14 heavy (non-hydrogen) atoms. The molecule has 0 aliphatic heterocycles. The Bertz CT molecular complexity index is 340. The summed E-state index contributed by atoms with van der Waals surface area (Å²) >= 11 is 0. The predicted molar refractivity (Wildman–Crippen MR) is 57.0 cm³/mol. The first kappa shape index (κ1) is 10.7. The molecule has 0 aliphatic carbocycles. The molecule has 0 fully saturated rings. The Balaban J connectivity index is 2.97. The van der Waals surface area contributed by atoms with Crippen LogP contribution in [-0.4, -0.2) is 6.08 Å². The number of carbonyl (C=O) groups excluding carboxylic acids is 1. The minimum absolute atomic E-state index is 0.0287. The van der Waals surface area contributed by atoms with E-state index in [1.807, 2.05) is 19.1 Å². The molecule has 0 spiro atoms. The molecule has 1 rings (SSSR count). The van der Waals surface area contributed by atoms with Gasteiger partial charge in [-0.25, -0.2) is 4.79 Å². The third kappa shape index (κ3) is 2.54. The van der Waals surface area contributed by atoms with E-state index in [9.17, 15) is 4.79 Å². The maximum absolute atomic E-state index is 10.2. The van der Waals surface area contributed by atoms with Crippen molar-refractivity contribution in [2.45, 2.75) is 32.7 Å². The third-order valence-electron chi connectivity index (χ3n) is 2.34. The van der Waals surface area contributed by atoms with Gasteiger partial charge in [-0.05, 0) is 24.0 Å². The molecule has 0 N–H and O–H groups in total. The van der Waals surface area contributed by atoms with Crippen LogP contribution in [0.5, 0.6) is 0 Å². The lowest BCUT2D eigenvalue weighted by atomic mass is 10.0. The minimum atomic E-state index is -0.0287. The quantitative estimate of drug-likeness (QED) is 0.528. The van der Waals surface area contributed by atoms with E-state index < -0.39 is 0 Å². The molecular formula is C12H15NO. The number of hydrogen-bond donors (Lipinski definition) is 0. The normalized spacial score (nSPS) is 11.9. The second-order valence-electron chi connectivity index (χ2n) is 3.24. The van der Waals surface area contributed by atoms with Gasteiger partial charge < -0.3 is 0 Å². The van der Waals surface area contributed by atoms with E-state index in [0.717, 1.165) is 18.4 Å². The topological polar surface area (TPSA) is 29.4 Å². The maximum atomic E-state index is 10.2. The summed E-state index contributed by atoms with van der Waals surface area (Å²) in [5.74, 6) is 0. The van der Waals surface area contributed by atoms with Crippen LogP contribution in [0.15, 0.2) is 29.3 Å². The lowest BCUT2D eigenvalue weighted by molar-refractivity contribution is 0.556. The first-order valence-corrected chi connectivity index (χ1v) is 4.97. The van der Waals surface area contributed by atoms with E-state index in [1.54, 1.807) is 6.08 Å². The number of nitrogens with zero attached hydrogens (tertiary/aromatic N) is 1. The van der Waals surface area contributed by atoms with E-state index in [-0.39, 0.29) is 6.04 Å². The molecule has 74 valence electrons. The molecule has 2 heteroatoms. The number of rotatable bonds is 4. The van der Waals surface area contributed by atoms with Crippen LogP contribution in [0.4, 0.5) is 0 Å². The van der Waals surface area contributed by atoms with Crippen LogP contribution in [0.2, 0.25) is 0 Å². The molecule has 0 aromatic heterocycles. The van der Waals surface area contributed by atoms with Crippen molar-refractivity contribution in [2.75, 3.05) is 0 Å². The van der Waals surface area contributed by atoms with Gasteiger partial charge in [-0.15, -0.1) is 0 Å². The monoisotopic (exact) mass is 189 g/mol. The summed E-state index contributed by atoms with van der Waals surface area (Å²) in [7, 11) is 0. The average Bonchev–Trinajstić information content (AvgIpc) is 2.26.